The lowest BCUT2D eigenvalue weighted by molar-refractivity contribution is 0.830. The molecule has 3 heterocycles. The molecule has 0 saturated carbocycles. The van der Waals surface area contributed by atoms with Gasteiger partial charge in [0.2, 0.25) is 0 Å². The van der Waals surface area contributed by atoms with Gasteiger partial charge in [0.25, 0.3) is 0 Å². The minimum Gasteiger partial charge on any atom is -0.260 e. The van der Waals surface area contributed by atoms with Gasteiger partial charge in [0.1, 0.15) is 0 Å². The SMILES string of the molecule is Cc1ccn(-c2ncccc2C2=NCC=N2)n1. The van der Waals surface area contributed by atoms with Gasteiger partial charge in [-0.3, -0.25) is 4.99 Å². The van der Waals surface area contributed by atoms with Gasteiger partial charge >= 0.3 is 0 Å². The summed E-state index contributed by atoms with van der Waals surface area (Å²) < 4.78 is 1.75. The van der Waals surface area contributed by atoms with Crippen molar-refractivity contribution in [3.8, 4) is 5.82 Å². The minimum atomic E-state index is 0.641. The summed E-state index contributed by atoms with van der Waals surface area (Å²) in [5, 5.41) is 4.36. The van der Waals surface area contributed by atoms with Gasteiger partial charge in [-0.15, -0.1) is 0 Å². The molecule has 0 saturated heterocycles. The number of hydrogen-bond acceptors (Lipinski definition) is 4. The van der Waals surface area contributed by atoms with Gasteiger partial charge < -0.3 is 0 Å². The molecule has 3 rings (SSSR count). The molecule has 0 unspecified atom stereocenters. The van der Waals surface area contributed by atoms with Gasteiger partial charge in [0, 0.05) is 18.6 Å². The molecule has 0 amide bonds. The van der Waals surface area contributed by atoms with Gasteiger partial charge in [0.05, 0.1) is 17.8 Å². The molecule has 1 aliphatic heterocycles. The maximum Gasteiger partial charge on any atom is 0.164 e. The zero-order valence-corrected chi connectivity index (χ0v) is 9.41. The lowest BCUT2D eigenvalue weighted by Gasteiger charge is -2.06. The van der Waals surface area contributed by atoms with Crippen molar-refractivity contribution in [3.05, 3.63) is 41.9 Å². The third-order valence-electron chi connectivity index (χ3n) is 2.50. The van der Waals surface area contributed by atoms with Crippen LogP contribution in [0.5, 0.6) is 0 Å². The Bertz CT molecular complexity index is 609. The second-order valence-electron chi connectivity index (χ2n) is 3.75. The quantitative estimate of drug-likeness (QED) is 0.775. The van der Waals surface area contributed by atoms with Crippen LogP contribution in [0.2, 0.25) is 0 Å². The average molecular weight is 225 g/mol. The maximum absolute atomic E-state index is 4.36. The Morgan fingerprint density at radius 2 is 2.24 bits per heavy atom. The van der Waals surface area contributed by atoms with E-state index in [0.717, 1.165) is 22.9 Å². The summed E-state index contributed by atoms with van der Waals surface area (Å²) >= 11 is 0. The Labute approximate surface area is 98.6 Å². The van der Waals surface area contributed by atoms with Crippen molar-refractivity contribution >= 4 is 12.1 Å². The fraction of sp³-hybridized carbons (Fsp3) is 0.167. The van der Waals surface area contributed by atoms with Crippen LogP contribution in [0, 0.1) is 6.92 Å². The zero-order chi connectivity index (χ0) is 11.7. The molecular formula is C12H11N5. The molecule has 0 atom stereocenters. The first kappa shape index (κ1) is 9.89. The third-order valence-corrected chi connectivity index (χ3v) is 2.50. The van der Waals surface area contributed by atoms with Crippen molar-refractivity contribution < 1.29 is 0 Å². The average Bonchev–Trinajstić information content (AvgIpc) is 3.00. The Hall–Kier alpha value is -2.30. The van der Waals surface area contributed by atoms with Crippen LogP contribution in [-0.4, -0.2) is 33.4 Å². The molecule has 5 heteroatoms. The first-order valence-corrected chi connectivity index (χ1v) is 5.39. The van der Waals surface area contributed by atoms with E-state index in [-0.39, 0.29) is 0 Å². The number of rotatable bonds is 2. The van der Waals surface area contributed by atoms with E-state index < -0.39 is 0 Å². The topological polar surface area (TPSA) is 55.4 Å². The van der Waals surface area contributed by atoms with Crippen LogP contribution < -0.4 is 0 Å². The van der Waals surface area contributed by atoms with Crippen LogP contribution in [-0.2, 0) is 0 Å². The summed E-state index contributed by atoms with van der Waals surface area (Å²) in [4.78, 5) is 12.9. The molecule has 0 spiro atoms. The minimum absolute atomic E-state index is 0.641. The van der Waals surface area contributed by atoms with E-state index in [1.54, 1.807) is 17.1 Å². The fourth-order valence-corrected chi connectivity index (χ4v) is 1.74. The van der Waals surface area contributed by atoms with E-state index in [1.165, 1.54) is 0 Å². The van der Waals surface area contributed by atoms with Crippen molar-refractivity contribution in [2.24, 2.45) is 9.98 Å². The molecule has 1 aliphatic rings. The standard InChI is InChI=1S/C12H11N5/c1-9-4-8-17(16-9)12-10(3-2-5-15-12)11-13-6-7-14-11/h2-6,8H,7H2,1H3. The van der Waals surface area contributed by atoms with Crippen molar-refractivity contribution in [1.29, 1.82) is 0 Å². The monoisotopic (exact) mass is 225 g/mol. The molecule has 84 valence electrons. The van der Waals surface area contributed by atoms with Gasteiger partial charge in [-0.1, -0.05) is 0 Å². The lowest BCUT2D eigenvalue weighted by Crippen LogP contribution is -2.07. The summed E-state index contributed by atoms with van der Waals surface area (Å²) in [6, 6.07) is 5.78. The van der Waals surface area contributed by atoms with Crippen LogP contribution >= 0.6 is 0 Å². The highest BCUT2D eigenvalue weighted by Gasteiger charge is 2.13. The summed E-state index contributed by atoms with van der Waals surface area (Å²) in [7, 11) is 0. The molecule has 0 aliphatic carbocycles. The largest absolute Gasteiger partial charge is 0.260 e. The molecule has 17 heavy (non-hydrogen) atoms. The number of aliphatic imine (C=N–C) groups is 2. The maximum atomic E-state index is 4.36. The Morgan fingerprint density at radius 1 is 1.29 bits per heavy atom. The van der Waals surface area contributed by atoms with Crippen LogP contribution in [0.4, 0.5) is 0 Å². The number of aryl methyl sites for hydroxylation is 1. The molecule has 5 nitrogen and oxygen atoms in total. The van der Waals surface area contributed by atoms with Crippen LogP contribution in [0.15, 0.2) is 40.6 Å². The molecule has 0 bridgehead atoms. The summed E-state index contributed by atoms with van der Waals surface area (Å²) in [6.45, 7) is 2.59. The first-order chi connectivity index (χ1) is 8.34. The number of amidine groups is 1. The predicted molar refractivity (Wildman–Crippen MR) is 66.0 cm³/mol. The van der Waals surface area contributed by atoms with Crippen molar-refractivity contribution in [2.75, 3.05) is 6.54 Å². The van der Waals surface area contributed by atoms with Gasteiger partial charge in [-0.25, -0.2) is 14.7 Å². The molecule has 0 N–H and O–H groups in total. The molecular weight excluding hydrogens is 214 g/mol. The third kappa shape index (κ3) is 1.75. The predicted octanol–water partition coefficient (Wildman–Crippen LogP) is 1.41. The Balaban J connectivity index is 2.14. The second kappa shape index (κ2) is 3.93. The van der Waals surface area contributed by atoms with E-state index >= 15 is 0 Å². The number of pyridine rings is 1. The van der Waals surface area contributed by atoms with Crippen LogP contribution in [0.1, 0.15) is 11.3 Å². The Morgan fingerprint density at radius 3 is 2.94 bits per heavy atom. The first-order valence-electron chi connectivity index (χ1n) is 5.39. The lowest BCUT2D eigenvalue weighted by atomic mass is 10.2. The van der Waals surface area contributed by atoms with E-state index in [0.29, 0.717) is 6.54 Å². The molecule has 0 fully saturated rings. The summed E-state index contributed by atoms with van der Waals surface area (Å²) in [6.07, 6.45) is 5.43. The molecule has 0 radical (unpaired) electrons. The fourth-order valence-electron chi connectivity index (χ4n) is 1.74. The van der Waals surface area contributed by atoms with Crippen molar-refractivity contribution in [2.45, 2.75) is 6.92 Å². The smallest absolute Gasteiger partial charge is 0.164 e. The van der Waals surface area contributed by atoms with Gasteiger partial charge in [-0.05, 0) is 25.1 Å². The second-order valence-corrected chi connectivity index (χ2v) is 3.75. The number of nitrogens with zero attached hydrogens (tertiary/aromatic N) is 5. The summed E-state index contributed by atoms with van der Waals surface area (Å²) in [5.74, 6) is 1.49. The van der Waals surface area contributed by atoms with Crippen molar-refractivity contribution in [1.82, 2.24) is 14.8 Å². The van der Waals surface area contributed by atoms with E-state index in [9.17, 15) is 0 Å². The molecule has 2 aromatic heterocycles. The normalized spacial score (nSPS) is 14.1. The number of hydrogen-bond donors (Lipinski definition) is 0. The van der Waals surface area contributed by atoms with E-state index in [4.69, 9.17) is 0 Å². The molecule has 0 aromatic carbocycles. The number of aromatic nitrogens is 3. The highest BCUT2D eigenvalue weighted by atomic mass is 15.3. The van der Waals surface area contributed by atoms with E-state index in [1.807, 2.05) is 31.3 Å². The summed E-state index contributed by atoms with van der Waals surface area (Å²) in [5.41, 5.74) is 1.86. The van der Waals surface area contributed by atoms with Crippen LogP contribution in [0.25, 0.3) is 5.82 Å². The van der Waals surface area contributed by atoms with Gasteiger partial charge in [0.15, 0.2) is 11.7 Å². The van der Waals surface area contributed by atoms with Gasteiger partial charge in [-0.2, -0.15) is 5.10 Å². The zero-order valence-electron chi connectivity index (χ0n) is 9.41. The molecule has 2 aromatic rings. The Kier molecular flexibility index (Phi) is 2.29. The highest BCUT2D eigenvalue weighted by molar-refractivity contribution is 6.08. The van der Waals surface area contributed by atoms with Crippen LogP contribution in [0.3, 0.4) is 0 Å². The van der Waals surface area contributed by atoms with E-state index in [2.05, 4.69) is 20.1 Å². The highest BCUT2D eigenvalue weighted by Crippen LogP contribution is 2.14. The van der Waals surface area contributed by atoms with Crippen molar-refractivity contribution in [3.63, 3.8) is 0 Å².